The molecule has 1 saturated heterocycles. The molecule has 0 bridgehead atoms. The SMILES string of the molecule is COc1ccc(CNC(=O)[C@@H](C)[NH+]2CC[NH+](C/C=C/c3ccccc3)CC2)cc1. The Kier molecular flexibility index (Phi) is 7.85. The smallest absolute Gasteiger partial charge is 0.278 e. The molecule has 1 aliphatic heterocycles. The molecule has 29 heavy (non-hydrogen) atoms. The van der Waals surface area contributed by atoms with E-state index in [4.69, 9.17) is 4.74 Å². The van der Waals surface area contributed by atoms with E-state index in [0.29, 0.717) is 6.54 Å². The molecule has 1 amide bonds. The molecule has 2 aromatic rings. The van der Waals surface area contributed by atoms with Crippen molar-refractivity contribution >= 4 is 12.0 Å². The minimum Gasteiger partial charge on any atom is -0.497 e. The van der Waals surface area contributed by atoms with Crippen LogP contribution in [0.5, 0.6) is 5.75 Å². The largest absolute Gasteiger partial charge is 0.497 e. The monoisotopic (exact) mass is 395 g/mol. The minimum atomic E-state index is -0.0188. The number of rotatable bonds is 8. The van der Waals surface area contributed by atoms with Crippen LogP contribution in [0.2, 0.25) is 0 Å². The molecule has 1 aliphatic rings. The molecule has 154 valence electrons. The number of hydrogen-bond donors (Lipinski definition) is 3. The number of nitrogens with one attached hydrogen (secondary N) is 3. The van der Waals surface area contributed by atoms with Crippen LogP contribution >= 0.6 is 0 Å². The predicted molar refractivity (Wildman–Crippen MR) is 116 cm³/mol. The van der Waals surface area contributed by atoms with Gasteiger partial charge in [0.2, 0.25) is 0 Å². The van der Waals surface area contributed by atoms with E-state index in [1.807, 2.05) is 37.3 Å². The summed E-state index contributed by atoms with van der Waals surface area (Å²) in [6.07, 6.45) is 4.46. The van der Waals surface area contributed by atoms with Crippen LogP contribution in [0.25, 0.3) is 6.08 Å². The lowest BCUT2D eigenvalue weighted by atomic mass is 10.2. The van der Waals surface area contributed by atoms with E-state index in [1.165, 1.54) is 10.5 Å². The molecule has 0 spiro atoms. The first kappa shape index (κ1) is 21.1. The Morgan fingerprint density at radius 1 is 1.07 bits per heavy atom. The van der Waals surface area contributed by atoms with Gasteiger partial charge in [-0.15, -0.1) is 0 Å². The highest BCUT2D eigenvalue weighted by Crippen LogP contribution is 2.10. The van der Waals surface area contributed by atoms with Gasteiger partial charge in [-0.05, 0) is 36.3 Å². The second-order valence-electron chi connectivity index (χ2n) is 7.71. The number of hydrogen-bond acceptors (Lipinski definition) is 2. The molecule has 5 heteroatoms. The number of methoxy groups -OCH3 is 1. The highest BCUT2D eigenvalue weighted by molar-refractivity contribution is 5.79. The van der Waals surface area contributed by atoms with E-state index in [9.17, 15) is 4.79 Å². The summed E-state index contributed by atoms with van der Waals surface area (Å²) < 4.78 is 5.17. The van der Waals surface area contributed by atoms with E-state index in [-0.39, 0.29) is 11.9 Å². The van der Waals surface area contributed by atoms with E-state index in [0.717, 1.165) is 44.0 Å². The van der Waals surface area contributed by atoms with Gasteiger partial charge < -0.3 is 19.9 Å². The molecule has 0 aromatic heterocycles. The van der Waals surface area contributed by atoms with Crippen molar-refractivity contribution in [2.45, 2.75) is 19.5 Å². The average Bonchev–Trinajstić information content (AvgIpc) is 2.78. The second-order valence-corrected chi connectivity index (χ2v) is 7.71. The number of amides is 1. The summed E-state index contributed by atoms with van der Waals surface area (Å²) in [5.74, 6) is 0.958. The third-order valence-electron chi connectivity index (χ3n) is 5.75. The average molecular weight is 396 g/mol. The van der Waals surface area contributed by atoms with Crippen LogP contribution < -0.4 is 19.9 Å². The zero-order valence-corrected chi connectivity index (χ0v) is 17.5. The van der Waals surface area contributed by atoms with Gasteiger partial charge >= 0.3 is 0 Å². The first-order valence-corrected chi connectivity index (χ1v) is 10.5. The number of ether oxygens (including phenoxy) is 1. The highest BCUT2D eigenvalue weighted by Gasteiger charge is 2.30. The third-order valence-corrected chi connectivity index (χ3v) is 5.75. The molecule has 1 fully saturated rings. The van der Waals surface area contributed by atoms with Gasteiger partial charge in [-0.2, -0.15) is 0 Å². The fourth-order valence-electron chi connectivity index (χ4n) is 3.76. The molecular formula is C24H33N3O2+2. The summed E-state index contributed by atoms with van der Waals surface area (Å²) in [4.78, 5) is 15.5. The van der Waals surface area contributed by atoms with Gasteiger partial charge in [-0.3, -0.25) is 4.79 Å². The van der Waals surface area contributed by atoms with Crippen LogP contribution in [0.1, 0.15) is 18.1 Å². The standard InChI is InChI=1S/C24H31N3O2/c1-20(24(28)25-19-22-10-12-23(29-2)13-11-22)27-17-15-26(16-18-27)14-6-9-21-7-4-3-5-8-21/h3-13,20H,14-19H2,1-2H3,(H,25,28)/p+2/b9-6+/t20-/m1/s1. The van der Waals surface area contributed by atoms with Crippen molar-refractivity contribution < 1.29 is 19.3 Å². The summed E-state index contributed by atoms with van der Waals surface area (Å²) in [5, 5.41) is 3.08. The van der Waals surface area contributed by atoms with Crippen LogP contribution in [0, 0.1) is 0 Å². The van der Waals surface area contributed by atoms with Crippen molar-refractivity contribution in [2.75, 3.05) is 39.8 Å². The van der Waals surface area contributed by atoms with Crippen LogP contribution in [0.15, 0.2) is 60.7 Å². The molecule has 0 aliphatic carbocycles. The topological polar surface area (TPSA) is 47.2 Å². The van der Waals surface area contributed by atoms with Crippen LogP contribution in [0.4, 0.5) is 0 Å². The van der Waals surface area contributed by atoms with Gasteiger partial charge in [0.1, 0.15) is 31.9 Å². The predicted octanol–water partition coefficient (Wildman–Crippen LogP) is 0.197. The molecule has 1 atom stereocenters. The number of piperazine rings is 1. The summed E-state index contributed by atoms with van der Waals surface area (Å²) in [5.41, 5.74) is 2.33. The maximum absolute atomic E-state index is 12.6. The van der Waals surface area contributed by atoms with Crippen molar-refractivity contribution in [3.8, 4) is 5.75 Å². The molecule has 0 saturated carbocycles. The fraction of sp³-hybridized carbons (Fsp3) is 0.375. The van der Waals surface area contributed by atoms with Gasteiger partial charge in [0.15, 0.2) is 6.04 Å². The molecule has 2 aromatic carbocycles. The van der Waals surface area contributed by atoms with Gasteiger partial charge in [-0.1, -0.05) is 48.5 Å². The Labute approximate surface area is 174 Å². The molecule has 3 N–H and O–H groups in total. The quantitative estimate of drug-likeness (QED) is 0.598. The van der Waals surface area contributed by atoms with E-state index in [2.05, 4.69) is 41.7 Å². The molecule has 3 rings (SSSR count). The number of carbonyl (C=O) groups is 1. The van der Waals surface area contributed by atoms with Crippen molar-refractivity contribution in [1.29, 1.82) is 0 Å². The maximum atomic E-state index is 12.6. The Bertz CT molecular complexity index is 782. The third kappa shape index (κ3) is 6.44. The zero-order valence-electron chi connectivity index (χ0n) is 17.5. The van der Waals surface area contributed by atoms with Crippen molar-refractivity contribution in [1.82, 2.24) is 5.32 Å². The fourth-order valence-corrected chi connectivity index (χ4v) is 3.76. The lowest BCUT2D eigenvalue weighted by molar-refractivity contribution is -1.02. The lowest BCUT2D eigenvalue weighted by Crippen LogP contribution is -3.30. The minimum absolute atomic E-state index is 0.0188. The summed E-state index contributed by atoms with van der Waals surface area (Å²) in [6, 6.07) is 18.2. The Hall–Kier alpha value is -2.63. The summed E-state index contributed by atoms with van der Waals surface area (Å²) >= 11 is 0. The molecule has 0 unspecified atom stereocenters. The van der Waals surface area contributed by atoms with Crippen molar-refractivity contribution in [2.24, 2.45) is 0 Å². The highest BCUT2D eigenvalue weighted by atomic mass is 16.5. The molecule has 5 nitrogen and oxygen atoms in total. The van der Waals surface area contributed by atoms with Gasteiger partial charge in [0.25, 0.3) is 5.91 Å². The van der Waals surface area contributed by atoms with Gasteiger partial charge in [0.05, 0.1) is 13.7 Å². The second kappa shape index (κ2) is 10.8. The Balaban J connectivity index is 1.38. The molecular weight excluding hydrogens is 362 g/mol. The first-order chi connectivity index (χ1) is 14.2. The lowest BCUT2D eigenvalue weighted by Gasteiger charge is -2.32. The van der Waals surface area contributed by atoms with Gasteiger partial charge in [0, 0.05) is 6.54 Å². The first-order valence-electron chi connectivity index (χ1n) is 10.5. The Morgan fingerprint density at radius 2 is 1.76 bits per heavy atom. The Morgan fingerprint density at radius 3 is 2.41 bits per heavy atom. The maximum Gasteiger partial charge on any atom is 0.278 e. The van der Waals surface area contributed by atoms with Crippen LogP contribution in [0.3, 0.4) is 0 Å². The number of benzene rings is 2. The zero-order chi connectivity index (χ0) is 20.5. The normalized spacial score (nSPS) is 20.3. The van der Waals surface area contributed by atoms with Crippen LogP contribution in [-0.2, 0) is 11.3 Å². The van der Waals surface area contributed by atoms with E-state index < -0.39 is 0 Å². The molecule has 1 heterocycles. The molecule has 0 radical (unpaired) electrons. The van der Waals surface area contributed by atoms with E-state index >= 15 is 0 Å². The number of quaternary nitrogens is 2. The van der Waals surface area contributed by atoms with E-state index in [1.54, 1.807) is 12.0 Å². The summed E-state index contributed by atoms with van der Waals surface area (Å²) in [6.45, 7) is 7.91. The van der Waals surface area contributed by atoms with Crippen molar-refractivity contribution in [3.05, 3.63) is 71.8 Å². The van der Waals surface area contributed by atoms with Crippen LogP contribution in [-0.4, -0.2) is 51.8 Å². The number of carbonyl (C=O) groups excluding carboxylic acids is 1. The van der Waals surface area contributed by atoms with Crippen molar-refractivity contribution in [3.63, 3.8) is 0 Å². The van der Waals surface area contributed by atoms with Gasteiger partial charge in [-0.25, -0.2) is 0 Å². The summed E-state index contributed by atoms with van der Waals surface area (Å²) in [7, 11) is 1.66.